The molecule has 1 aromatic carbocycles. The quantitative estimate of drug-likeness (QED) is 0.690. The summed E-state index contributed by atoms with van der Waals surface area (Å²) in [5.41, 5.74) is 1.24. The van der Waals surface area contributed by atoms with E-state index in [1.165, 1.54) is 24.4 Å². The Morgan fingerprint density at radius 3 is 2.85 bits per heavy atom. The van der Waals surface area contributed by atoms with Crippen LogP contribution in [0, 0.1) is 22.9 Å². The minimum absolute atomic E-state index is 0.000335. The van der Waals surface area contributed by atoms with Gasteiger partial charge in [-0.05, 0) is 24.6 Å². The first-order chi connectivity index (χ1) is 9.47. The number of benzene rings is 1. The van der Waals surface area contributed by atoms with Crippen LogP contribution in [0.3, 0.4) is 0 Å². The third-order valence-corrected chi connectivity index (χ3v) is 3.02. The summed E-state index contributed by atoms with van der Waals surface area (Å²) >= 11 is 5.68. The maximum atomic E-state index is 13.0. The number of aromatic nitrogens is 1. The van der Waals surface area contributed by atoms with Gasteiger partial charge in [0, 0.05) is 18.3 Å². The highest BCUT2D eigenvalue weighted by Gasteiger charge is 2.12. The zero-order valence-electron chi connectivity index (χ0n) is 10.6. The van der Waals surface area contributed by atoms with E-state index in [-0.39, 0.29) is 10.7 Å². The summed E-state index contributed by atoms with van der Waals surface area (Å²) in [6, 6.07) is 5.70. The SMILES string of the molecule is Cc1cnc(NCc2ccc(F)c(Cl)c2)cc1[N+](=O)[O-]. The summed E-state index contributed by atoms with van der Waals surface area (Å²) in [7, 11) is 0. The fraction of sp³-hybridized carbons (Fsp3) is 0.154. The van der Waals surface area contributed by atoms with Crippen LogP contribution < -0.4 is 5.32 Å². The van der Waals surface area contributed by atoms with E-state index in [0.29, 0.717) is 17.9 Å². The maximum Gasteiger partial charge on any atom is 0.277 e. The van der Waals surface area contributed by atoms with Gasteiger partial charge in [0.15, 0.2) is 0 Å². The Morgan fingerprint density at radius 1 is 1.45 bits per heavy atom. The molecule has 1 N–H and O–H groups in total. The van der Waals surface area contributed by atoms with Crippen molar-refractivity contribution in [1.29, 1.82) is 0 Å². The van der Waals surface area contributed by atoms with Crippen molar-refractivity contribution in [2.24, 2.45) is 0 Å². The third kappa shape index (κ3) is 3.21. The Kier molecular flexibility index (Phi) is 4.14. The van der Waals surface area contributed by atoms with Gasteiger partial charge in [-0.25, -0.2) is 9.37 Å². The van der Waals surface area contributed by atoms with Crippen LogP contribution in [-0.2, 0) is 6.54 Å². The van der Waals surface area contributed by atoms with E-state index in [2.05, 4.69) is 10.3 Å². The summed E-state index contributed by atoms with van der Waals surface area (Å²) in [5.74, 6) is -0.109. The van der Waals surface area contributed by atoms with Crippen molar-refractivity contribution in [3.63, 3.8) is 0 Å². The average molecular weight is 296 g/mol. The molecule has 0 saturated heterocycles. The standard InChI is InChI=1S/C13H11ClFN3O2/c1-8-6-16-13(5-12(8)18(19)20)17-7-9-2-3-11(15)10(14)4-9/h2-6H,7H2,1H3,(H,16,17). The zero-order chi connectivity index (χ0) is 14.7. The van der Waals surface area contributed by atoms with Gasteiger partial charge in [-0.3, -0.25) is 10.1 Å². The third-order valence-electron chi connectivity index (χ3n) is 2.73. The lowest BCUT2D eigenvalue weighted by atomic mass is 10.2. The van der Waals surface area contributed by atoms with Gasteiger partial charge in [0.2, 0.25) is 0 Å². The number of anilines is 1. The molecule has 0 spiro atoms. The lowest BCUT2D eigenvalue weighted by molar-refractivity contribution is -0.385. The monoisotopic (exact) mass is 295 g/mol. The van der Waals surface area contributed by atoms with Crippen molar-refractivity contribution in [2.75, 3.05) is 5.32 Å². The fourth-order valence-electron chi connectivity index (χ4n) is 1.65. The molecule has 0 aliphatic carbocycles. The molecule has 104 valence electrons. The van der Waals surface area contributed by atoms with Crippen LogP contribution in [0.5, 0.6) is 0 Å². The number of nitro groups is 1. The second kappa shape index (κ2) is 5.83. The summed E-state index contributed by atoms with van der Waals surface area (Å²) in [5, 5.41) is 13.8. The topological polar surface area (TPSA) is 68.1 Å². The molecule has 0 unspecified atom stereocenters. The first-order valence-corrected chi connectivity index (χ1v) is 6.14. The van der Waals surface area contributed by atoms with E-state index in [1.54, 1.807) is 13.0 Å². The number of hydrogen-bond acceptors (Lipinski definition) is 4. The molecule has 2 rings (SSSR count). The second-order valence-corrected chi connectivity index (χ2v) is 4.62. The zero-order valence-corrected chi connectivity index (χ0v) is 11.3. The lowest BCUT2D eigenvalue weighted by Gasteiger charge is -2.07. The molecule has 0 aliphatic rings. The van der Waals surface area contributed by atoms with Gasteiger partial charge in [-0.1, -0.05) is 17.7 Å². The van der Waals surface area contributed by atoms with Crippen molar-refractivity contribution in [1.82, 2.24) is 4.98 Å². The molecule has 0 saturated carbocycles. The Bertz CT molecular complexity index is 664. The lowest BCUT2D eigenvalue weighted by Crippen LogP contribution is -2.03. The number of pyridine rings is 1. The summed E-state index contributed by atoms with van der Waals surface area (Å²) < 4.78 is 13.0. The number of aryl methyl sites for hydroxylation is 1. The first kappa shape index (κ1) is 14.2. The van der Waals surface area contributed by atoms with Crippen LogP contribution in [-0.4, -0.2) is 9.91 Å². The van der Waals surface area contributed by atoms with E-state index < -0.39 is 10.7 Å². The predicted molar refractivity (Wildman–Crippen MR) is 74.4 cm³/mol. The van der Waals surface area contributed by atoms with Crippen LogP contribution in [0.25, 0.3) is 0 Å². The van der Waals surface area contributed by atoms with E-state index in [9.17, 15) is 14.5 Å². The molecule has 0 bridgehead atoms. The Morgan fingerprint density at radius 2 is 2.20 bits per heavy atom. The largest absolute Gasteiger partial charge is 0.366 e. The molecular weight excluding hydrogens is 285 g/mol. The highest BCUT2D eigenvalue weighted by molar-refractivity contribution is 6.30. The van der Waals surface area contributed by atoms with Crippen LogP contribution in [0.15, 0.2) is 30.5 Å². The molecule has 0 fully saturated rings. The molecular formula is C13H11ClFN3O2. The molecule has 0 atom stereocenters. The number of nitrogens with one attached hydrogen (secondary N) is 1. The van der Waals surface area contributed by atoms with E-state index in [0.717, 1.165) is 5.56 Å². The molecule has 0 amide bonds. The molecule has 20 heavy (non-hydrogen) atoms. The number of nitrogens with zero attached hydrogens (tertiary/aromatic N) is 2. The van der Waals surface area contributed by atoms with Crippen LogP contribution >= 0.6 is 11.6 Å². The molecule has 1 aromatic heterocycles. The predicted octanol–water partition coefficient (Wildman–Crippen LogP) is 3.70. The minimum Gasteiger partial charge on any atom is -0.366 e. The van der Waals surface area contributed by atoms with Crippen molar-refractivity contribution >= 4 is 23.1 Å². The van der Waals surface area contributed by atoms with Crippen molar-refractivity contribution < 1.29 is 9.31 Å². The smallest absolute Gasteiger partial charge is 0.277 e. The number of hydrogen-bond donors (Lipinski definition) is 1. The molecule has 7 heteroatoms. The van der Waals surface area contributed by atoms with Gasteiger partial charge < -0.3 is 5.32 Å². The Balaban J connectivity index is 2.12. The van der Waals surface area contributed by atoms with Crippen LogP contribution in [0.4, 0.5) is 15.9 Å². The van der Waals surface area contributed by atoms with Gasteiger partial charge in [0.25, 0.3) is 5.69 Å². The number of halogens is 2. The molecule has 2 aromatic rings. The van der Waals surface area contributed by atoms with E-state index in [1.807, 2.05) is 0 Å². The second-order valence-electron chi connectivity index (χ2n) is 4.22. The molecule has 1 heterocycles. The van der Waals surface area contributed by atoms with Gasteiger partial charge in [-0.2, -0.15) is 0 Å². The van der Waals surface area contributed by atoms with Crippen molar-refractivity contribution in [2.45, 2.75) is 13.5 Å². The van der Waals surface area contributed by atoms with Gasteiger partial charge in [0.1, 0.15) is 11.6 Å². The summed E-state index contributed by atoms with van der Waals surface area (Å²) in [6.07, 6.45) is 1.43. The normalized spacial score (nSPS) is 10.3. The van der Waals surface area contributed by atoms with Crippen LogP contribution in [0.2, 0.25) is 5.02 Å². The Hall–Kier alpha value is -2.21. The Labute approximate surface area is 119 Å². The van der Waals surface area contributed by atoms with Crippen molar-refractivity contribution in [3.8, 4) is 0 Å². The molecule has 5 nitrogen and oxygen atoms in total. The first-order valence-electron chi connectivity index (χ1n) is 5.76. The van der Waals surface area contributed by atoms with Crippen LogP contribution in [0.1, 0.15) is 11.1 Å². The fourth-order valence-corrected chi connectivity index (χ4v) is 1.85. The van der Waals surface area contributed by atoms with Gasteiger partial charge in [-0.15, -0.1) is 0 Å². The van der Waals surface area contributed by atoms with Crippen molar-refractivity contribution in [3.05, 3.63) is 62.5 Å². The molecule has 0 radical (unpaired) electrons. The van der Waals surface area contributed by atoms with E-state index in [4.69, 9.17) is 11.6 Å². The summed E-state index contributed by atoms with van der Waals surface area (Å²) in [6.45, 7) is 1.96. The summed E-state index contributed by atoms with van der Waals surface area (Å²) in [4.78, 5) is 14.4. The number of rotatable bonds is 4. The minimum atomic E-state index is -0.487. The van der Waals surface area contributed by atoms with Gasteiger partial charge >= 0.3 is 0 Å². The molecule has 0 aliphatic heterocycles. The average Bonchev–Trinajstić information content (AvgIpc) is 2.41. The highest BCUT2D eigenvalue weighted by Crippen LogP contribution is 2.21. The highest BCUT2D eigenvalue weighted by atomic mass is 35.5. The maximum absolute atomic E-state index is 13.0. The van der Waals surface area contributed by atoms with Gasteiger partial charge in [0.05, 0.1) is 16.0 Å². The van der Waals surface area contributed by atoms with E-state index >= 15 is 0 Å².